The van der Waals surface area contributed by atoms with Gasteiger partial charge in [0.2, 0.25) is 5.91 Å². The lowest BCUT2D eigenvalue weighted by atomic mass is 10.0. The number of carboxylic acids is 1. The number of aryl methyl sites for hydroxylation is 1. The number of carbonyl (C=O) groups excluding carboxylic acids is 1. The average molecular weight is 372 g/mol. The summed E-state index contributed by atoms with van der Waals surface area (Å²) in [5.74, 6) is -1.03. The standard InChI is InChI=1S/C15H18BrNO3S/c1-9-7-10(16)5-6-13(9)21-8-14(18)17-12-4-2-3-11(12)15(19)20/h5-7,11-12H,2-4,8H2,1H3,(H,17,18)(H,19,20)/t11-,12+/m0/s1. The Morgan fingerprint density at radius 2 is 2.19 bits per heavy atom. The Hall–Kier alpha value is -1.01. The first-order valence-electron chi connectivity index (χ1n) is 6.88. The Bertz CT molecular complexity index is 550. The van der Waals surface area contributed by atoms with Crippen molar-refractivity contribution in [3.63, 3.8) is 0 Å². The summed E-state index contributed by atoms with van der Waals surface area (Å²) in [5.41, 5.74) is 1.12. The van der Waals surface area contributed by atoms with Crippen LogP contribution in [0.25, 0.3) is 0 Å². The molecule has 1 aromatic rings. The van der Waals surface area contributed by atoms with Crippen LogP contribution in [0.5, 0.6) is 0 Å². The van der Waals surface area contributed by atoms with E-state index in [4.69, 9.17) is 5.11 Å². The lowest BCUT2D eigenvalue weighted by Crippen LogP contribution is -2.41. The number of nitrogens with one attached hydrogen (secondary N) is 1. The van der Waals surface area contributed by atoms with Crippen LogP contribution < -0.4 is 5.32 Å². The highest BCUT2D eigenvalue weighted by Gasteiger charge is 2.33. The Balaban J connectivity index is 1.86. The highest BCUT2D eigenvalue weighted by molar-refractivity contribution is 9.10. The molecule has 0 unspecified atom stereocenters. The van der Waals surface area contributed by atoms with Gasteiger partial charge in [0, 0.05) is 15.4 Å². The molecule has 0 bridgehead atoms. The number of carboxylic acid groups (broad SMARTS) is 1. The summed E-state index contributed by atoms with van der Waals surface area (Å²) in [6, 6.07) is 5.72. The van der Waals surface area contributed by atoms with E-state index in [1.165, 1.54) is 11.8 Å². The zero-order chi connectivity index (χ0) is 15.4. The van der Waals surface area contributed by atoms with Crippen molar-refractivity contribution in [2.24, 2.45) is 5.92 Å². The minimum absolute atomic E-state index is 0.0968. The number of amides is 1. The molecule has 2 N–H and O–H groups in total. The number of carbonyl (C=O) groups is 2. The molecule has 0 radical (unpaired) electrons. The summed E-state index contributed by atoms with van der Waals surface area (Å²) in [7, 11) is 0. The molecule has 0 spiro atoms. The van der Waals surface area contributed by atoms with Crippen molar-refractivity contribution < 1.29 is 14.7 Å². The third-order valence-electron chi connectivity index (χ3n) is 3.68. The maximum atomic E-state index is 12.0. The van der Waals surface area contributed by atoms with Crippen molar-refractivity contribution in [1.29, 1.82) is 0 Å². The second kappa shape index (κ2) is 7.31. The van der Waals surface area contributed by atoms with Gasteiger partial charge in [-0.2, -0.15) is 0 Å². The fraction of sp³-hybridized carbons (Fsp3) is 0.467. The molecule has 0 aromatic heterocycles. The number of aliphatic carboxylic acids is 1. The van der Waals surface area contributed by atoms with Crippen molar-refractivity contribution in [3.8, 4) is 0 Å². The van der Waals surface area contributed by atoms with Crippen LogP contribution in [0.1, 0.15) is 24.8 Å². The SMILES string of the molecule is Cc1cc(Br)ccc1SCC(=O)N[C@@H]1CCC[C@@H]1C(=O)O. The number of benzene rings is 1. The fourth-order valence-electron chi connectivity index (χ4n) is 2.59. The van der Waals surface area contributed by atoms with Gasteiger partial charge in [0.25, 0.3) is 0 Å². The molecule has 2 rings (SSSR count). The maximum Gasteiger partial charge on any atom is 0.308 e. The molecular weight excluding hydrogens is 354 g/mol. The van der Waals surface area contributed by atoms with Gasteiger partial charge >= 0.3 is 5.97 Å². The molecule has 1 aliphatic rings. The highest BCUT2D eigenvalue weighted by atomic mass is 79.9. The Morgan fingerprint density at radius 3 is 2.86 bits per heavy atom. The Morgan fingerprint density at radius 1 is 1.43 bits per heavy atom. The van der Waals surface area contributed by atoms with Gasteiger partial charge in [-0.3, -0.25) is 9.59 Å². The monoisotopic (exact) mass is 371 g/mol. The zero-order valence-electron chi connectivity index (χ0n) is 11.8. The second-order valence-corrected chi connectivity index (χ2v) is 7.18. The second-order valence-electron chi connectivity index (χ2n) is 5.25. The van der Waals surface area contributed by atoms with Crippen molar-refractivity contribution >= 4 is 39.6 Å². The van der Waals surface area contributed by atoms with Gasteiger partial charge in [-0.1, -0.05) is 22.4 Å². The van der Waals surface area contributed by atoms with E-state index in [0.717, 1.165) is 27.8 Å². The number of thioether (sulfide) groups is 1. The summed E-state index contributed by atoms with van der Waals surface area (Å²) in [6.07, 6.45) is 2.27. The van der Waals surface area contributed by atoms with Gasteiger partial charge in [0.1, 0.15) is 0 Å². The number of halogens is 1. The van der Waals surface area contributed by atoms with Crippen LogP contribution in [-0.2, 0) is 9.59 Å². The molecule has 4 nitrogen and oxygen atoms in total. The predicted octanol–water partition coefficient (Wildman–Crippen LogP) is 3.22. The van der Waals surface area contributed by atoms with E-state index in [2.05, 4.69) is 21.2 Å². The molecule has 2 atom stereocenters. The highest BCUT2D eigenvalue weighted by Crippen LogP contribution is 2.27. The van der Waals surface area contributed by atoms with Crippen molar-refractivity contribution in [3.05, 3.63) is 28.2 Å². The fourth-order valence-corrected chi connectivity index (χ4v) is 3.89. The van der Waals surface area contributed by atoms with Crippen LogP contribution in [0, 0.1) is 12.8 Å². The van der Waals surface area contributed by atoms with E-state index >= 15 is 0 Å². The molecule has 6 heteroatoms. The quantitative estimate of drug-likeness (QED) is 0.779. The van der Waals surface area contributed by atoms with Crippen LogP contribution >= 0.6 is 27.7 Å². The van der Waals surface area contributed by atoms with Crippen molar-refractivity contribution in [2.45, 2.75) is 37.1 Å². The molecule has 1 amide bonds. The predicted molar refractivity (Wildman–Crippen MR) is 86.5 cm³/mol. The summed E-state index contributed by atoms with van der Waals surface area (Å²) >= 11 is 4.89. The third-order valence-corrected chi connectivity index (χ3v) is 5.34. The maximum absolute atomic E-state index is 12.0. The Labute approximate surface area is 136 Å². The Kier molecular flexibility index (Phi) is 5.70. The van der Waals surface area contributed by atoms with E-state index in [1.807, 2.05) is 25.1 Å². The summed E-state index contributed by atoms with van der Waals surface area (Å²) in [6.45, 7) is 2.00. The van der Waals surface area contributed by atoms with Crippen LogP contribution in [-0.4, -0.2) is 28.8 Å². The molecule has 0 saturated heterocycles. The van der Waals surface area contributed by atoms with E-state index in [9.17, 15) is 9.59 Å². The van der Waals surface area contributed by atoms with Gasteiger partial charge in [-0.05, 0) is 43.5 Å². The molecule has 0 aliphatic heterocycles. The lowest BCUT2D eigenvalue weighted by molar-refractivity contribution is -0.142. The first kappa shape index (κ1) is 16.4. The third kappa shape index (κ3) is 4.48. The van der Waals surface area contributed by atoms with Gasteiger partial charge in [-0.15, -0.1) is 11.8 Å². The largest absolute Gasteiger partial charge is 0.481 e. The van der Waals surface area contributed by atoms with Crippen molar-refractivity contribution in [1.82, 2.24) is 5.32 Å². The molecule has 1 aromatic carbocycles. The minimum atomic E-state index is -0.811. The molecule has 1 fully saturated rings. The molecule has 114 valence electrons. The first-order chi connectivity index (χ1) is 9.97. The van der Waals surface area contributed by atoms with Gasteiger partial charge in [-0.25, -0.2) is 0 Å². The van der Waals surface area contributed by atoms with E-state index in [0.29, 0.717) is 12.2 Å². The van der Waals surface area contributed by atoms with Gasteiger partial charge in [0.15, 0.2) is 0 Å². The smallest absolute Gasteiger partial charge is 0.308 e. The average Bonchev–Trinajstić information content (AvgIpc) is 2.86. The summed E-state index contributed by atoms with van der Waals surface area (Å²) in [5, 5.41) is 12.0. The molecule has 21 heavy (non-hydrogen) atoms. The molecule has 0 heterocycles. The number of rotatable bonds is 5. The summed E-state index contributed by atoms with van der Waals surface area (Å²) < 4.78 is 1.02. The summed E-state index contributed by atoms with van der Waals surface area (Å²) in [4.78, 5) is 24.1. The topological polar surface area (TPSA) is 66.4 Å². The molecule has 1 aliphatic carbocycles. The van der Waals surface area contributed by atoms with E-state index in [-0.39, 0.29) is 11.9 Å². The minimum Gasteiger partial charge on any atom is -0.481 e. The van der Waals surface area contributed by atoms with Crippen LogP contribution in [0.15, 0.2) is 27.6 Å². The van der Waals surface area contributed by atoms with Crippen molar-refractivity contribution in [2.75, 3.05) is 5.75 Å². The molecular formula is C15H18BrNO3S. The normalized spacial score (nSPS) is 21.2. The van der Waals surface area contributed by atoms with Gasteiger partial charge < -0.3 is 10.4 Å². The lowest BCUT2D eigenvalue weighted by Gasteiger charge is -2.17. The number of hydrogen-bond donors (Lipinski definition) is 2. The van der Waals surface area contributed by atoms with Crippen LogP contribution in [0.2, 0.25) is 0 Å². The first-order valence-corrected chi connectivity index (χ1v) is 8.66. The van der Waals surface area contributed by atoms with E-state index in [1.54, 1.807) is 0 Å². The van der Waals surface area contributed by atoms with Gasteiger partial charge in [0.05, 0.1) is 11.7 Å². The van der Waals surface area contributed by atoms with E-state index < -0.39 is 11.9 Å². The molecule has 1 saturated carbocycles. The zero-order valence-corrected chi connectivity index (χ0v) is 14.2. The number of hydrogen-bond acceptors (Lipinski definition) is 3. The van der Waals surface area contributed by atoms with Crippen LogP contribution in [0.3, 0.4) is 0 Å². The van der Waals surface area contributed by atoms with Crippen LogP contribution in [0.4, 0.5) is 0 Å².